The van der Waals surface area contributed by atoms with Crippen LogP contribution in [-0.2, 0) is 17.7 Å². The van der Waals surface area contributed by atoms with Crippen molar-refractivity contribution < 1.29 is 35.5 Å². The van der Waals surface area contributed by atoms with E-state index in [2.05, 4.69) is 4.74 Å². The molecular weight excluding hydrogens is 479 g/mol. The number of likely N-dealkylation sites (tertiary alicyclic amines) is 1. The van der Waals surface area contributed by atoms with Gasteiger partial charge < -0.3 is 4.74 Å². The molecule has 0 amide bonds. The highest BCUT2D eigenvalue weighted by molar-refractivity contribution is 7.80. The summed E-state index contributed by atoms with van der Waals surface area (Å²) in [6.07, 6.45) is -4.64. The third-order valence-corrected chi connectivity index (χ3v) is 6.34. The lowest BCUT2D eigenvalue weighted by Crippen LogP contribution is -2.62. The SMILES string of the molecule is O=S(O)N(CC(Cc1ccc(OC(F)(F)F)cc1)N1CC(F)(F)C1)c1ccc2ccccc2c1. The maximum absolute atomic E-state index is 13.6. The zero-order valence-corrected chi connectivity index (χ0v) is 18.5. The van der Waals surface area contributed by atoms with Gasteiger partial charge in [0.2, 0.25) is 0 Å². The van der Waals surface area contributed by atoms with Crippen LogP contribution in [0.25, 0.3) is 10.8 Å². The average Bonchev–Trinajstić information content (AvgIpc) is 2.74. The molecule has 0 aromatic heterocycles. The van der Waals surface area contributed by atoms with Crippen LogP contribution in [0.1, 0.15) is 5.56 Å². The van der Waals surface area contributed by atoms with Crippen molar-refractivity contribution >= 4 is 27.7 Å². The van der Waals surface area contributed by atoms with Crippen LogP contribution in [0.4, 0.5) is 27.6 Å². The fraction of sp³-hybridized carbons (Fsp3) is 0.304. The van der Waals surface area contributed by atoms with Gasteiger partial charge in [0.1, 0.15) is 5.75 Å². The molecule has 1 N–H and O–H groups in total. The molecule has 182 valence electrons. The number of benzene rings is 3. The fourth-order valence-corrected chi connectivity index (χ4v) is 4.59. The second-order valence-electron chi connectivity index (χ2n) is 8.13. The Labute approximate surface area is 195 Å². The predicted molar refractivity (Wildman–Crippen MR) is 119 cm³/mol. The number of nitrogens with zero attached hydrogens (tertiary/aromatic N) is 2. The van der Waals surface area contributed by atoms with Gasteiger partial charge in [-0.1, -0.05) is 42.5 Å². The standard InChI is InChI=1S/C23H21F5N2O3S/c24-22(25)14-29(15-22)20(11-16-5-9-21(10-6-16)33-23(26,27)28)13-30(34(31)32)19-8-7-17-3-1-2-4-18(17)12-19/h1-10,12,20H,11,13-15H2,(H,31,32). The molecular formula is C23H21F5N2O3S. The molecule has 11 heteroatoms. The van der Waals surface area contributed by atoms with Gasteiger partial charge in [-0.05, 0) is 47.0 Å². The molecule has 34 heavy (non-hydrogen) atoms. The Kier molecular flexibility index (Phi) is 6.79. The number of hydrogen-bond donors (Lipinski definition) is 1. The molecule has 0 bridgehead atoms. The highest BCUT2D eigenvalue weighted by atomic mass is 32.2. The molecule has 0 saturated carbocycles. The minimum Gasteiger partial charge on any atom is -0.406 e. The Morgan fingerprint density at radius 1 is 1.03 bits per heavy atom. The van der Waals surface area contributed by atoms with Crippen LogP contribution in [-0.4, -0.2) is 51.6 Å². The molecule has 0 radical (unpaired) electrons. The first kappa shape index (κ1) is 24.4. The number of hydrogen-bond acceptors (Lipinski definition) is 3. The van der Waals surface area contributed by atoms with E-state index in [1.165, 1.54) is 21.3 Å². The van der Waals surface area contributed by atoms with Gasteiger partial charge >= 0.3 is 6.36 Å². The predicted octanol–water partition coefficient (Wildman–Crippen LogP) is 5.24. The average molecular weight is 500 g/mol. The molecule has 5 nitrogen and oxygen atoms in total. The van der Waals surface area contributed by atoms with Crippen LogP contribution in [0.2, 0.25) is 0 Å². The second-order valence-corrected chi connectivity index (χ2v) is 9.04. The smallest absolute Gasteiger partial charge is 0.406 e. The van der Waals surface area contributed by atoms with Gasteiger partial charge in [-0.25, -0.2) is 13.0 Å². The van der Waals surface area contributed by atoms with Crippen LogP contribution in [0.5, 0.6) is 5.75 Å². The maximum Gasteiger partial charge on any atom is 0.573 e. The largest absolute Gasteiger partial charge is 0.573 e. The van der Waals surface area contributed by atoms with Crippen molar-refractivity contribution in [3.05, 3.63) is 72.3 Å². The molecule has 1 heterocycles. The molecule has 1 saturated heterocycles. The summed E-state index contributed by atoms with van der Waals surface area (Å²) in [6, 6.07) is 17.2. The van der Waals surface area contributed by atoms with Gasteiger partial charge in [0.25, 0.3) is 17.2 Å². The van der Waals surface area contributed by atoms with Crippen LogP contribution in [0, 0.1) is 0 Å². The van der Waals surface area contributed by atoms with Crippen LogP contribution < -0.4 is 9.04 Å². The summed E-state index contributed by atoms with van der Waals surface area (Å²) in [6.45, 7) is -1.05. The number of halogens is 5. The lowest BCUT2D eigenvalue weighted by molar-refractivity contribution is -0.274. The van der Waals surface area contributed by atoms with Crippen LogP contribution >= 0.6 is 0 Å². The quantitative estimate of drug-likeness (QED) is 0.340. The lowest BCUT2D eigenvalue weighted by Gasteiger charge is -2.45. The molecule has 3 aromatic carbocycles. The van der Waals surface area contributed by atoms with Crippen molar-refractivity contribution in [1.29, 1.82) is 0 Å². The summed E-state index contributed by atoms with van der Waals surface area (Å²) < 4.78 is 91.7. The first-order valence-corrected chi connectivity index (χ1v) is 11.4. The monoisotopic (exact) mass is 500 g/mol. The van der Waals surface area contributed by atoms with E-state index in [1.54, 1.807) is 18.2 Å². The number of alkyl halides is 5. The maximum atomic E-state index is 13.6. The molecule has 1 aliphatic heterocycles. The Morgan fingerprint density at radius 3 is 2.26 bits per heavy atom. The summed E-state index contributed by atoms with van der Waals surface area (Å²) in [5.74, 6) is -3.24. The summed E-state index contributed by atoms with van der Waals surface area (Å²) in [4.78, 5) is 1.50. The molecule has 0 aliphatic carbocycles. The van der Waals surface area contributed by atoms with Crippen molar-refractivity contribution in [1.82, 2.24) is 4.90 Å². The second kappa shape index (κ2) is 9.47. The Hall–Kier alpha value is -2.76. The Balaban J connectivity index is 1.56. The van der Waals surface area contributed by atoms with Crippen molar-refractivity contribution in [2.24, 2.45) is 0 Å². The van der Waals surface area contributed by atoms with E-state index in [1.807, 2.05) is 24.3 Å². The molecule has 2 unspecified atom stereocenters. The molecule has 4 rings (SSSR count). The first-order valence-electron chi connectivity index (χ1n) is 10.3. The van der Waals surface area contributed by atoms with E-state index >= 15 is 0 Å². The molecule has 1 aliphatic rings. The minimum atomic E-state index is -4.82. The number of ether oxygens (including phenoxy) is 1. The Morgan fingerprint density at radius 2 is 1.68 bits per heavy atom. The van der Waals surface area contributed by atoms with Crippen molar-refractivity contribution in [2.75, 3.05) is 23.9 Å². The first-order chi connectivity index (χ1) is 16.0. The van der Waals surface area contributed by atoms with Crippen molar-refractivity contribution in [3.63, 3.8) is 0 Å². The minimum absolute atomic E-state index is 0.0433. The van der Waals surface area contributed by atoms with E-state index in [0.29, 0.717) is 11.3 Å². The van der Waals surface area contributed by atoms with Crippen LogP contribution in [0.3, 0.4) is 0 Å². The fourth-order valence-electron chi connectivity index (χ4n) is 4.00. The summed E-state index contributed by atoms with van der Waals surface area (Å²) in [5, 5.41) is 1.79. The zero-order chi connectivity index (χ0) is 24.5. The van der Waals surface area contributed by atoms with Gasteiger partial charge in [0.15, 0.2) is 0 Å². The highest BCUT2D eigenvalue weighted by Crippen LogP contribution is 2.32. The van der Waals surface area contributed by atoms with E-state index < -0.39 is 48.4 Å². The molecule has 2 atom stereocenters. The van der Waals surface area contributed by atoms with Gasteiger partial charge in [-0.15, -0.1) is 13.2 Å². The van der Waals surface area contributed by atoms with Gasteiger partial charge in [0.05, 0.1) is 18.8 Å². The zero-order valence-electron chi connectivity index (χ0n) is 17.7. The number of fused-ring (bicyclic) bond motifs is 1. The van der Waals surface area contributed by atoms with E-state index in [-0.39, 0.29) is 13.0 Å². The third kappa shape index (κ3) is 6.02. The van der Waals surface area contributed by atoms with Crippen LogP contribution in [0.15, 0.2) is 66.7 Å². The summed E-state index contributed by atoms with van der Waals surface area (Å²) in [7, 11) is 0. The third-order valence-electron chi connectivity index (χ3n) is 5.60. The number of anilines is 1. The van der Waals surface area contributed by atoms with Crippen molar-refractivity contribution in [3.8, 4) is 5.75 Å². The lowest BCUT2D eigenvalue weighted by atomic mass is 9.99. The van der Waals surface area contributed by atoms with Crippen molar-refractivity contribution in [2.45, 2.75) is 24.7 Å². The molecule has 1 fully saturated rings. The van der Waals surface area contributed by atoms with E-state index in [9.17, 15) is 30.7 Å². The summed E-state index contributed by atoms with van der Waals surface area (Å²) in [5.41, 5.74) is 1.03. The Bertz CT molecular complexity index is 1170. The van der Waals surface area contributed by atoms with Gasteiger partial charge in [0, 0.05) is 12.6 Å². The van der Waals surface area contributed by atoms with Gasteiger partial charge in [-0.3, -0.25) is 13.8 Å². The highest BCUT2D eigenvalue weighted by Gasteiger charge is 2.47. The number of rotatable bonds is 8. The normalized spacial score (nSPS) is 17.7. The topological polar surface area (TPSA) is 53.0 Å². The summed E-state index contributed by atoms with van der Waals surface area (Å²) >= 11 is -2.43. The van der Waals surface area contributed by atoms with E-state index in [4.69, 9.17) is 0 Å². The molecule has 3 aromatic rings. The van der Waals surface area contributed by atoms with Gasteiger partial charge in [-0.2, -0.15) is 0 Å². The molecule has 0 spiro atoms. The van der Waals surface area contributed by atoms with E-state index in [0.717, 1.165) is 22.9 Å².